The first-order valence-corrected chi connectivity index (χ1v) is 23.5. The van der Waals surface area contributed by atoms with Crippen molar-refractivity contribution in [3.05, 3.63) is 172 Å². The van der Waals surface area contributed by atoms with Crippen LogP contribution >= 0.6 is 24.8 Å². The molecular weight excluding hydrogens is 787 g/mol. The van der Waals surface area contributed by atoms with Crippen LogP contribution < -0.4 is 0 Å². The van der Waals surface area contributed by atoms with E-state index in [0.29, 0.717) is 11.8 Å². The fourth-order valence-corrected chi connectivity index (χ4v) is 6.57. The summed E-state index contributed by atoms with van der Waals surface area (Å²) < 4.78 is 0. The maximum atomic E-state index is 2.36. The Balaban J connectivity index is 0.000000307. The van der Waals surface area contributed by atoms with Crippen molar-refractivity contribution in [3.8, 4) is 22.3 Å². The van der Waals surface area contributed by atoms with E-state index in [-0.39, 0.29) is 39.7 Å². The number of fused-ring (bicyclic) bond motifs is 4. The van der Waals surface area contributed by atoms with E-state index in [9.17, 15) is 0 Å². The van der Waals surface area contributed by atoms with E-state index in [4.69, 9.17) is 0 Å². The van der Waals surface area contributed by atoms with Crippen LogP contribution in [0.3, 0.4) is 0 Å². The molecule has 0 amide bonds. The molecule has 0 heterocycles. The molecule has 0 bridgehead atoms. The van der Waals surface area contributed by atoms with E-state index in [1.807, 2.05) is 0 Å². The van der Waals surface area contributed by atoms with Crippen LogP contribution in [0.5, 0.6) is 0 Å². The molecule has 0 atom stereocenters. The first kappa shape index (κ1) is 43.2. The van der Waals surface area contributed by atoms with Crippen molar-refractivity contribution >= 4 is 80.0 Å². The summed E-state index contributed by atoms with van der Waals surface area (Å²) in [7, 11) is 0. The second-order valence-electron chi connectivity index (χ2n) is 12.6. The molecule has 50 heavy (non-hydrogen) atoms. The van der Waals surface area contributed by atoms with Gasteiger partial charge in [-0.25, -0.2) is 0 Å². The monoisotopic (exact) mass is 832 g/mol. The molecule has 8 aromatic rings. The van der Waals surface area contributed by atoms with Crippen LogP contribution in [0.1, 0.15) is 50.7 Å². The summed E-state index contributed by atoms with van der Waals surface area (Å²) in [5.41, 5.74) is 8.15. The van der Waals surface area contributed by atoms with Crippen molar-refractivity contribution in [3.63, 3.8) is 0 Å². The molecule has 0 N–H and O–H groups in total. The molecule has 8 rings (SSSR count). The minimum atomic E-state index is 0. The number of benzene rings is 6. The molecule has 0 spiro atoms. The van der Waals surface area contributed by atoms with Gasteiger partial charge in [-0.05, 0) is 44.5 Å². The summed E-state index contributed by atoms with van der Waals surface area (Å²) in [6, 6.07) is 53.0. The minimum absolute atomic E-state index is 0. The third-order valence-corrected chi connectivity index (χ3v) is 9.04. The van der Waals surface area contributed by atoms with Crippen LogP contribution in [-0.2, 0) is 21.6 Å². The molecule has 0 aliphatic carbocycles. The third-order valence-electron chi connectivity index (χ3n) is 9.04. The van der Waals surface area contributed by atoms with E-state index < -0.39 is 0 Å². The maximum absolute atomic E-state index is 2.36. The molecule has 4 heteroatoms. The van der Waals surface area contributed by atoms with E-state index >= 15 is 0 Å². The number of rotatable bonds is 4. The summed E-state index contributed by atoms with van der Waals surface area (Å²) in [5, 5.41) is 10.7. The summed E-state index contributed by atoms with van der Waals surface area (Å²) in [5.74, 6) is 1.13. The fraction of sp³-hybridized carbons (Fsp3) is 0.130. The van der Waals surface area contributed by atoms with Crippen LogP contribution in [0.25, 0.3) is 65.3 Å². The van der Waals surface area contributed by atoms with Gasteiger partial charge in [0.2, 0.25) is 0 Å². The van der Waals surface area contributed by atoms with Crippen molar-refractivity contribution in [2.45, 2.75) is 39.5 Å². The Bertz CT molecular complexity index is 2100. The Morgan fingerprint density at radius 1 is 0.420 bits per heavy atom. The molecule has 0 saturated heterocycles. The Morgan fingerprint density at radius 3 is 1.08 bits per heavy atom. The normalized spacial score (nSPS) is 10.3. The summed E-state index contributed by atoms with van der Waals surface area (Å²) >= 11 is 3.64. The van der Waals surface area contributed by atoms with E-state index in [2.05, 4.69) is 185 Å². The number of halogens is 2. The molecule has 0 aromatic heterocycles. The predicted molar refractivity (Wildman–Crippen MR) is 226 cm³/mol. The topological polar surface area (TPSA) is 0 Å². The fourth-order valence-electron chi connectivity index (χ4n) is 6.57. The molecule has 256 valence electrons. The number of hydrogen-bond donors (Lipinski definition) is 0. The van der Waals surface area contributed by atoms with Crippen LogP contribution in [-0.4, -0.2) is 12.1 Å². The van der Waals surface area contributed by atoms with Gasteiger partial charge in [0.1, 0.15) is 0 Å². The van der Waals surface area contributed by atoms with Crippen molar-refractivity contribution in [2.24, 2.45) is 0 Å². The van der Waals surface area contributed by atoms with Gasteiger partial charge in [0, 0.05) is 0 Å². The molecule has 0 fully saturated rings. The SMILES string of the molecule is CC(C)c1cc2c(-c3cccc4ccccc34)cccc2[cH-]1.CC(C)c1cc2c(-c3cccc4ccccc34)cccc2[cH-]1.Cl.Cl.[CH3-].[CH3-].[Ge]=[Zr]. The molecule has 0 nitrogen and oxygen atoms in total. The zero-order valence-corrected chi connectivity index (χ0v) is 36.0. The zero-order chi connectivity index (χ0) is 32.2. The number of hydrogen-bond acceptors (Lipinski definition) is 0. The van der Waals surface area contributed by atoms with Crippen molar-refractivity contribution in [1.29, 1.82) is 0 Å². The Labute approximate surface area is 332 Å². The summed E-state index contributed by atoms with van der Waals surface area (Å²) in [6.07, 6.45) is 0. The van der Waals surface area contributed by atoms with Crippen LogP contribution in [0.15, 0.2) is 146 Å². The molecule has 0 saturated carbocycles. The summed E-state index contributed by atoms with van der Waals surface area (Å²) in [6.45, 7) is 9.02. The van der Waals surface area contributed by atoms with Gasteiger partial charge in [-0.15, -0.1) is 93.9 Å². The Morgan fingerprint density at radius 2 is 0.720 bits per heavy atom. The zero-order valence-electron chi connectivity index (χ0n) is 29.8. The predicted octanol–water partition coefficient (Wildman–Crippen LogP) is 14.4. The molecular formula is C46H46Cl2GeZr-4. The Kier molecular flexibility index (Phi) is 17.0. The van der Waals surface area contributed by atoms with Gasteiger partial charge in [0.05, 0.1) is 0 Å². The Hall–Kier alpha value is -2.93. The van der Waals surface area contributed by atoms with Crippen molar-refractivity contribution in [1.82, 2.24) is 0 Å². The second-order valence-corrected chi connectivity index (χ2v) is 12.6. The molecule has 2 radical (unpaired) electrons. The van der Waals surface area contributed by atoms with Crippen LogP contribution in [0.2, 0.25) is 0 Å². The molecule has 0 aliphatic heterocycles. The van der Waals surface area contributed by atoms with Gasteiger partial charge in [-0.2, -0.15) is 12.1 Å². The van der Waals surface area contributed by atoms with Gasteiger partial charge < -0.3 is 14.9 Å². The van der Waals surface area contributed by atoms with Gasteiger partial charge in [-0.1, -0.05) is 136 Å². The van der Waals surface area contributed by atoms with E-state index in [1.165, 1.54) is 76.5 Å². The third kappa shape index (κ3) is 8.92. The van der Waals surface area contributed by atoms with E-state index in [0.717, 1.165) is 0 Å². The molecule has 0 aliphatic rings. The quantitative estimate of drug-likeness (QED) is 0.122. The van der Waals surface area contributed by atoms with Gasteiger partial charge in [-0.3, -0.25) is 0 Å². The first-order chi connectivity index (χ1) is 22.5. The first-order valence-electron chi connectivity index (χ1n) is 16.1. The van der Waals surface area contributed by atoms with Crippen LogP contribution in [0.4, 0.5) is 0 Å². The van der Waals surface area contributed by atoms with Crippen molar-refractivity contribution in [2.75, 3.05) is 0 Å². The van der Waals surface area contributed by atoms with Gasteiger partial charge in [0.15, 0.2) is 0 Å². The van der Waals surface area contributed by atoms with E-state index in [1.54, 1.807) is 21.6 Å². The van der Waals surface area contributed by atoms with Gasteiger partial charge in [0.25, 0.3) is 0 Å². The van der Waals surface area contributed by atoms with Gasteiger partial charge >= 0.3 is 33.7 Å². The molecule has 0 unspecified atom stereocenters. The average molecular weight is 834 g/mol. The molecule has 8 aromatic carbocycles. The van der Waals surface area contributed by atoms with Crippen molar-refractivity contribution < 1.29 is 21.6 Å². The summed E-state index contributed by atoms with van der Waals surface area (Å²) in [4.78, 5) is 0. The standard InChI is InChI=1S/2C22H19.2CH3.2ClH.Ge.Zr/c2*1-15(2)18-13-17-9-6-12-21(22(17)14-18)20-11-5-8-16-7-3-4-10-19(16)20;;;;;;/h2*3-15H,1-2H3;2*1H3;2*1H;;/q4*-1;;;;. The average Bonchev–Trinajstić information content (AvgIpc) is 3.75. The second kappa shape index (κ2) is 19.6. The van der Waals surface area contributed by atoms with Crippen LogP contribution in [0, 0.1) is 14.9 Å².